The molecule has 2 heterocycles. The van der Waals surface area contributed by atoms with Crippen molar-refractivity contribution >= 4 is 18.4 Å². The highest BCUT2D eigenvalue weighted by Crippen LogP contribution is 2.36. The third-order valence-corrected chi connectivity index (χ3v) is 3.72. The minimum atomic E-state index is -0.499. The molecule has 1 fully saturated rings. The maximum absolute atomic E-state index is 5.94. The molecule has 0 radical (unpaired) electrons. The van der Waals surface area contributed by atoms with E-state index >= 15 is 0 Å². The molecule has 1 aliphatic rings. The van der Waals surface area contributed by atoms with Gasteiger partial charge in [-0.3, -0.25) is 0 Å². The second-order valence-electron chi connectivity index (χ2n) is 5.57. The van der Waals surface area contributed by atoms with Gasteiger partial charge in [0.25, 0.3) is 0 Å². The zero-order valence-corrected chi connectivity index (χ0v) is 11.7. The van der Waals surface area contributed by atoms with Crippen LogP contribution >= 0.6 is 0 Å². The van der Waals surface area contributed by atoms with Gasteiger partial charge in [-0.05, 0) is 27.7 Å². The lowest BCUT2D eigenvalue weighted by atomic mass is 9.80. The van der Waals surface area contributed by atoms with Crippen LogP contribution in [0.4, 0.5) is 5.82 Å². The van der Waals surface area contributed by atoms with Crippen LogP contribution in [-0.2, 0) is 15.7 Å². The minimum absolute atomic E-state index is 0.381. The van der Waals surface area contributed by atoms with Crippen LogP contribution in [0.25, 0.3) is 0 Å². The average molecular weight is 249 g/mol. The van der Waals surface area contributed by atoms with E-state index in [4.69, 9.17) is 15.0 Å². The van der Waals surface area contributed by atoms with Gasteiger partial charge in [0.2, 0.25) is 0 Å². The third-order valence-electron chi connectivity index (χ3n) is 3.72. The van der Waals surface area contributed by atoms with Gasteiger partial charge in [-0.2, -0.15) is 0 Å². The van der Waals surface area contributed by atoms with Crippen molar-refractivity contribution in [1.82, 2.24) is 9.97 Å². The van der Waals surface area contributed by atoms with E-state index in [9.17, 15) is 0 Å². The van der Waals surface area contributed by atoms with Gasteiger partial charge < -0.3 is 15.0 Å². The van der Waals surface area contributed by atoms with Crippen molar-refractivity contribution in [3.63, 3.8) is 0 Å². The summed E-state index contributed by atoms with van der Waals surface area (Å²) in [7, 11) is -0.499. The molecule has 0 atom stereocenters. The van der Waals surface area contributed by atoms with E-state index in [1.807, 2.05) is 34.6 Å². The van der Waals surface area contributed by atoms with Crippen molar-refractivity contribution in [2.45, 2.75) is 52.2 Å². The van der Waals surface area contributed by atoms with Crippen LogP contribution in [0.3, 0.4) is 0 Å². The molecule has 0 aliphatic carbocycles. The first-order valence-electron chi connectivity index (χ1n) is 6.24. The SMILES string of the molecule is CCc1ncc(B2OC(C)(C)C(C)(C)O2)c(N)n1. The summed E-state index contributed by atoms with van der Waals surface area (Å²) < 4.78 is 11.8. The van der Waals surface area contributed by atoms with Crippen LogP contribution in [0.2, 0.25) is 0 Å². The zero-order chi connectivity index (χ0) is 13.6. The van der Waals surface area contributed by atoms with Crippen LogP contribution in [0.5, 0.6) is 0 Å². The fraction of sp³-hybridized carbons (Fsp3) is 0.667. The standard InChI is InChI=1S/C12H20BN3O2/c1-6-9-15-7-8(10(14)16-9)13-17-11(2,3)12(4,5)18-13/h7H,6H2,1-5H3,(H2,14,15,16). The highest BCUT2D eigenvalue weighted by Gasteiger charge is 2.52. The summed E-state index contributed by atoms with van der Waals surface area (Å²) >= 11 is 0. The summed E-state index contributed by atoms with van der Waals surface area (Å²) in [5.74, 6) is 1.16. The third kappa shape index (κ3) is 2.10. The van der Waals surface area contributed by atoms with Crippen molar-refractivity contribution in [2.24, 2.45) is 0 Å². The molecule has 0 unspecified atom stereocenters. The Morgan fingerprint density at radius 1 is 1.22 bits per heavy atom. The van der Waals surface area contributed by atoms with Crippen LogP contribution in [-0.4, -0.2) is 28.3 Å². The normalized spacial score (nSPS) is 21.3. The summed E-state index contributed by atoms with van der Waals surface area (Å²) in [5.41, 5.74) is 5.88. The Labute approximate surface area is 108 Å². The van der Waals surface area contributed by atoms with E-state index in [1.165, 1.54) is 0 Å². The number of hydrogen-bond donors (Lipinski definition) is 1. The molecule has 1 aromatic heterocycles. The summed E-state index contributed by atoms with van der Waals surface area (Å²) in [6.07, 6.45) is 2.46. The molecule has 5 nitrogen and oxygen atoms in total. The number of anilines is 1. The molecule has 0 aromatic carbocycles. The Kier molecular flexibility index (Phi) is 3.11. The highest BCUT2D eigenvalue weighted by atomic mass is 16.7. The largest absolute Gasteiger partial charge is 0.500 e. The maximum Gasteiger partial charge on any atom is 0.500 e. The van der Waals surface area contributed by atoms with E-state index in [0.29, 0.717) is 11.3 Å². The molecule has 0 bridgehead atoms. The molecule has 98 valence electrons. The molecular weight excluding hydrogens is 229 g/mol. The Balaban J connectivity index is 2.30. The Bertz CT molecular complexity index is 447. The molecule has 18 heavy (non-hydrogen) atoms. The number of nitrogens with zero attached hydrogens (tertiary/aromatic N) is 2. The highest BCUT2D eigenvalue weighted by molar-refractivity contribution is 6.63. The van der Waals surface area contributed by atoms with Crippen LogP contribution < -0.4 is 11.2 Å². The van der Waals surface area contributed by atoms with E-state index in [-0.39, 0.29) is 11.2 Å². The first-order chi connectivity index (χ1) is 8.27. The van der Waals surface area contributed by atoms with Gasteiger partial charge in [0.15, 0.2) is 0 Å². The molecule has 1 saturated heterocycles. The smallest absolute Gasteiger partial charge is 0.399 e. The van der Waals surface area contributed by atoms with Crippen molar-refractivity contribution in [3.8, 4) is 0 Å². The summed E-state index contributed by atoms with van der Waals surface area (Å²) in [6.45, 7) is 10.0. The predicted octanol–water partition coefficient (Wildman–Crippen LogP) is 0.920. The van der Waals surface area contributed by atoms with Crippen molar-refractivity contribution in [3.05, 3.63) is 12.0 Å². The van der Waals surface area contributed by atoms with Gasteiger partial charge in [0.05, 0.1) is 11.2 Å². The lowest BCUT2D eigenvalue weighted by Gasteiger charge is -2.32. The lowest BCUT2D eigenvalue weighted by molar-refractivity contribution is 0.00578. The molecule has 0 spiro atoms. The number of nitrogen functional groups attached to an aromatic ring is 1. The van der Waals surface area contributed by atoms with Crippen LogP contribution in [0, 0.1) is 0 Å². The van der Waals surface area contributed by atoms with E-state index < -0.39 is 7.12 Å². The van der Waals surface area contributed by atoms with Crippen molar-refractivity contribution < 1.29 is 9.31 Å². The van der Waals surface area contributed by atoms with Gasteiger partial charge in [0.1, 0.15) is 11.6 Å². The second-order valence-corrected chi connectivity index (χ2v) is 5.57. The molecule has 0 amide bonds. The maximum atomic E-state index is 5.94. The van der Waals surface area contributed by atoms with E-state index in [1.54, 1.807) is 6.20 Å². The van der Waals surface area contributed by atoms with Gasteiger partial charge in [-0.25, -0.2) is 9.97 Å². The quantitative estimate of drug-likeness (QED) is 0.789. The van der Waals surface area contributed by atoms with Gasteiger partial charge in [-0.15, -0.1) is 0 Å². The number of nitrogens with two attached hydrogens (primary N) is 1. The fourth-order valence-corrected chi connectivity index (χ4v) is 1.76. The minimum Gasteiger partial charge on any atom is -0.399 e. The van der Waals surface area contributed by atoms with Crippen molar-refractivity contribution in [1.29, 1.82) is 0 Å². The molecule has 6 heteroatoms. The second kappa shape index (κ2) is 4.21. The van der Waals surface area contributed by atoms with E-state index in [0.717, 1.165) is 12.2 Å². The Morgan fingerprint density at radius 3 is 2.22 bits per heavy atom. The monoisotopic (exact) mass is 249 g/mol. The summed E-state index contributed by atoms with van der Waals surface area (Å²) in [6, 6.07) is 0. The van der Waals surface area contributed by atoms with Crippen LogP contribution in [0.1, 0.15) is 40.4 Å². The molecule has 2 N–H and O–H groups in total. The van der Waals surface area contributed by atoms with Gasteiger partial charge >= 0.3 is 7.12 Å². The van der Waals surface area contributed by atoms with Crippen molar-refractivity contribution in [2.75, 3.05) is 5.73 Å². The lowest BCUT2D eigenvalue weighted by Crippen LogP contribution is -2.41. The average Bonchev–Trinajstić information content (AvgIpc) is 2.47. The Morgan fingerprint density at radius 2 is 1.78 bits per heavy atom. The summed E-state index contributed by atoms with van der Waals surface area (Å²) in [5, 5.41) is 0. The van der Waals surface area contributed by atoms with Gasteiger partial charge in [-0.1, -0.05) is 6.92 Å². The first kappa shape index (κ1) is 13.3. The zero-order valence-electron chi connectivity index (χ0n) is 11.7. The molecular formula is C12H20BN3O2. The topological polar surface area (TPSA) is 70.3 Å². The molecule has 1 aliphatic heterocycles. The number of aryl methyl sites for hydroxylation is 1. The van der Waals surface area contributed by atoms with Crippen LogP contribution in [0.15, 0.2) is 6.20 Å². The summed E-state index contributed by atoms with van der Waals surface area (Å²) in [4.78, 5) is 8.49. The number of rotatable bonds is 2. The van der Waals surface area contributed by atoms with Gasteiger partial charge in [0, 0.05) is 18.1 Å². The number of hydrogen-bond acceptors (Lipinski definition) is 5. The molecule has 1 aromatic rings. The molecule has 0 saturated carbocycles. The molecule has 2 rings (SSSR count). The Hall–Kier alpha value is -1.14. The number of aromatic nitrogens is 2. The fourth-order valence-electron chi connectivity index (χ4n) is 1.76. The van der Waals surface area contributed by atoms with E-state index in [2.05, 4.69) is 9.97 Å². The first-order valence-corrected chi connectivity index (χ1v) is 6.24. The predicted molar refractivity (Wildman–Crippen MR) is 71.5 cm³/mol.